The molecule has 0 aliphatic carbocycles. The third-order valence-corrected chi connectivity index (χ3v) is 2.66. The minimum absolute atomic E-state index is 0.219. The van der Waals surface area contributed by atoms with Gasteiger partial charge in [-0.1, -0.05) is 6.92 Å². The first-order valence-electron chi connectivity index (χ1n) is 6.52. The number of carbonyl (C=O) groups excluding carboxylic acids is 1. The van der Waals surface area contributed by atoms with E-state index < -0.39 is 0 Å². The van der Waals surface area contributed by atoms with Crippen LogP contribution in [0.4, 0.5) is 5.82 Å². The molecule has 0 saturated heterocycles. The second kappa shape index (κ2) is 7.18. The standard InChI is InChI=1S/C14H17N5O/c1-2-5-16-13-8-12(18-10-19-13)14(20)17-9-11-3-6-15-7-4-11/h3-4,6-8,10H,2,5,9H2,1H3,(H,17,20)(H,16,18,19). The van der Waals surface area contributed by atoms with Gasteiger partial charge in [-0.3, -0.25) is 9.78 Å². The summed E-state index contributed by atoms with van der Waals surface area (Å²) in [5.41, 5.74) is 1.35. The number of nitrogens with zero attached hydrogens (tertiary/aromatic N) is 3. The maximum absolute atomic E-state index is 12.0. The van der Waals surface area contributed by atoms with Crippen LogP contribution in [0.25, 0.3) is 0 Å². The highest BCUT2D eigenvalue weighted by Gasteiger charge is 2.08. The van der Waals surface area contributed by atoms with E-state index in [4.69, 9.17) is 0 Å². The number of anilines is 1. The van der Waals surface area contributed by atoms with Gasteiger partial charge < -0.3 is 10.6 Å². The van der Waals surface area contributed by atoms with Crippen LogP contribution in [0.15, 0.2) is 36.9 Å². The second-order valence-electron chi connectivity index (χ2n) is 4.25. The second-order valence-corrected chi connectivity index (χ2v) is 4.25. The Bertz CT molecular complexity index is 559. The number of pyridine rings is 1. The molecule has 0 bridgehead atoms. The molecule has 104 valence electrons. The lowest BCUT2D eigenvalue weighted by Gasteiger charge is -2.07. The number of aromatic nitrogens is 3. The van der Waals surface area contributed by atoms with Crippen LogP contribution in [0, 0.1) is 0 Å². The Kier molecular flexibility index (Phi) is 5.00. The zero-order valence-corrected chi connectivity index (χ0v) is 11.3. The maximum Gasteiger partial charge on any atom is 0.270 e. The average molecular weight is 271 g/mol. The molecule has 2 aromatic heterocycles. The fourth-order valence-corrected chi connectivity index (χ4v) is 1.60. The summed E-state index contributed by atoms with van der Waals surface area (Å²) in [6.45, 7) is 3.33. The van der Waals surface area contributed by atoms with Crippen LogP contribution in [0.1, 0.15) is 29.4 Å². The Labute approximate surface area is 117 Å². The molecule has 6 nitrogen and oxygen atoms in total. The van der Waals surface area contributed by atoms with E-state index in [0.29, 0.717) is 18.1 Å². The van der Waals surface area contributed by atoms with E-state index in [-0.39, 0.29) is 5.91 Å². The molecule has 0 spiro atoms. The fraction of sp³-hybridized carbons (Fsp3) is 0.286. The summed E-state index contributed by atoms with van der Waals surface area (Å²) in [5.74, 6) is 0.444. The molecule has 1 amide bonds. The Morgan fingerprint density at radius 1 is 1.25 bits per heavy atom. The van der Waals surface area contributed by atoms with Crippen LogP contribution in [0.2, 0.25) is 0 Å². The van der Waals surface area contributed by atoms with E-state index in [9.17, 15) is 4.79 Å². The molecule has 0 saturated carbocycles. The Morgan fingerprint density at radius 2 is 2.05 bits per heavy atom. The Balaban J connectivity index is 1.95. The summed E-state index contributed by atoms with van der Waals surface area (Å²) in [6.07, 6.45) is 5.77. The van der Waals surface area contributed by atoms with Crippen LogP contribution in [-0.2, 0) is 6.54 Å². The van der Waals surface area contributed by atoms with Crippen molar-refractivity contribution in [3.8, 4) is 0 Å². The van der Waals surface area contributed by atoms with Gasteiger partial charge in [0.1, 0.15) is 17.8 Å². The quantitative estimate of drug-likeness (QED) is 0.834. The zero-order valence-electron chi connectivity index (χ0n) is 11.3. The van der Waals surface area contributed by atoms with E-state index in [2.05, 4.69) is 32.5 Å². The van der Waals surface area contributed by atoms with E-state index >= 15 is 0 Å². The number of hydrogen-bond acceptors (Lipinski definition) is 5. The molecule has 0 aliphatic heterocycles. The van der Waals surface area contributed by atoms with Gasteiger partial charge in [0.15, 0.2) is 0 Å². The molecule has 20 heavy (non-hydrogen) atoms. The molecule has 0 atom stereocenters. The molecular formula is C14H17N5O. The van der Waals surface area contributed by atoms with Crippen molar-refractivity contribution in [2.75, 3.05) is 11.9 Å². The fourth-order valence-electron chi connectivity index (χ4n) is 1.60. The molecule has 2 N–H and O–H groups in total. The SMILES string of the molecule is CCCNc1cc(C(=O)NCc2ccncc2)ncn1. The third-order valence-electron chi connectivity index (χ3n) is 2.66. The van der Waals surface area contributed by atoms with Crippen molar-refractivity contribution in [3.63, 3.8) is 0 Å². The average Bonchev–Trinajstić information content (AvgIpc) is 2.52. The van der Waals surface area contributed by atoms with E-state index in [1.807, 2.05) is 12.1 Å². The van der Waals surface area contributed by atoms with Crippen molar-refractivity contribution in [3.05, 3.63) is 48.2 Å². The van der Waals surface area contributed by atoms with Crippen LogP contribution in [0.3, 0.4) is 0 Å². The van der Waals surface area contributed by atoms with E-state index in [0.717, 1.165) is 18.5 Å². The lowest BCUT2D eigenvalue weighted by atomic mass is 10.2. The molecule has 0 aromatic carbocycles. The van der Waals surface area contributed by atoms with Crippen LogP contribution in [-0.4, -0.2) is 27.4 Å². The topological polar surface area (TPSA) is 79.8 Å². The van der Waals surface area contributed by atoms with Crippen LogP contribution >= 0.6 is 0 Å². The third kappa shape index (κ3) is 4.01. The van der Waals surface area contributed by atoms with Crippen molar-refractivity contribution in [2.45, 2.75) is 19.9 Å². The molecular weight excluding hydrogens is 254 g/mol. The van der Waals surface area contributed by atoms with Crippen LogP contribution < -0.4 is 10.6 Å². The first-order chi connectivity index (χ1) is 9.79. The van der Waals surface area contributed by atoms with Gasteiger partial charge in [-0.25, -0.2) is 9.97 Å². The highest BCUT2D eigenvalue weighted by molar-refractivity contribution is 5.92. The summed E-state index contributed by atoms with van der Waals surface area (Å²) in [7, 11) is 0. The predicted molar refractivity (Wildman–Crippen MR) is 76.2 cm³/mol. The zero-order chi connectivity index (χ0) is 14.2. The first-order valence-corrected chi connectivity index (χ1v) is 6.52. The molecule has 0 radical (unpaired) electrons. The number of carbonyl (C=O) groups is 1. The molecule has 2 heterocycles. The minimum atomic E-state index is -0.219. The number of rotatable bonds is 6. The van der Waals surface area contributed by atoms with Crippen molar-refractivity contribution in [1.82, 2.24) is 20.3 Å². The van der Waals surface area contributed by atoms with Crippen molar-refractivity contribution >= 4 is 11.7 Å². The molecule has 0 fully saturated rings. The van der Waals surface area contributed by atoms with E-state index in [1.165, 1.54) is 6.33 Å². The van der Waals surface area contributed by atoms with Gasteiger partial charge in [0.05, 0.1) is 0 Å². The summed E-state index contributed by atoms with van der Waals surface area (Å²) in [6, 6.07) is 5.36. The van der Waals surface area contributed by atoms with Gasteiger partial charge in [-0.2, -0.15) is 0 Å². The smallest absolute Gasteiger partial charge is 0.270 e. The molecule has 0 aliphatic rings. The molecule has 2 aromatic rings. The molecule has 0 unspecified atom stereocenters. The van der Waals surface area contributed by atoms with Gasteiger partial charge in [0, 0.05) is 31.5 Å². The Hall–Kier alpha value is -2.50. The monoisotopic (exact) mass is 271 g/mol. The van der Waals surface area contributed by atoms with Gasteiger partial charge in [-0.15, -0.1) is 0 Å². The molecule has 2 rings (SSSR count). The largest absolute Gasteiger partial charge is 0.370 e. The number of amides is 1. The number of hydrogen-bond donors (Lipinski definition) is 2. The highest BCUT2D eigenvalue weighted by atomic mass is 16.1. The van der Waals surface area contributed by atoms with Crippen LogP contribution in [0.5, 0.6) is 0 Å². The normalized spacial score (nSPS) is 10.1. The minimum Gasteiger partial charge on any atom is -0.370 e. The van der Waals surface area contributed by atoms with Gasteiger partial charge in [0.25, 0.3) is 5.91 Å². The van der Waals surface area contributed by atoms with Crippen molar-refractivity contribution in [2.24, 2.45) is 0 Å². The highest BCUT2D eigenvalue weighted by Crippen LogP contribution is 2.04. The maximum atomic E-state index is 12.0. The molecule has 6 heteroatoms. The number of nitrogens with one attached hydrogen (secondary N) is 2. The summed E-state index contributed by atoms with van der Waals surface area (Å²) >= 11 is 0. The van der Waals surface area contributed by atoms with Crippen molar-refractivity contribution in [1.29, 1.82) is 0 Å². The predicted octanol–water partition coefficient (Wildman–Crippen LogP) is 1.62. The lowest BCUT2D eigenvalue weighted by Crippen LogP contribution is -2.24. The Morgan fingerprint density at radius 3 is 2.80 bits per heavy atom. The van der Waals surface area contributed by atoms with Gasteiger partial charge in [-0.05, 0) is 24.1 Å². The summed E-state index contributed by atoms with van der Waals surface area (Å²) in [5, 5.41) is 5.94. The van der Waals surface area contributed by atoms with Crippen molar-refractivity contribution < 1.29 is 4.79 Å². The lowest BCUT2D eigenvalue weighted by molar-refractivity contribution is 0.0946. The summed E-state index contributed by atoms with van der Waals surface area (Å²) in [4.78, 5) is 24.0. The van der Waals surface area contributed by atoms with Gasteiger partial charge in [0.2, 0.25) is 0 Å². The van der Waals surface area contributed by atoms with E-state index in [1.54, 1.807) is 18.5 Å². The summed E-state index contributed by atoms with van der Waals surface area (Å²) < 4.78 is 0. The van der Waals surface area contributed by atoms with Gasteiger partial charge >= 0.3 is 0 Å². The first kappa shape index (κ1) is 13.9.